The zero-order chi connectivity index (χ0) is 100. The first-order valence-corrected chi connectivity index (χ1v) is 42.3. The Morgan fingerprint density at radius 3 is 0.833 bits per heavy atom. The molecule has 0 aliphatic carbocycles. The minimum atomic E-state index is -2.07. The van der Waals surface area contributed by atoms with Crippen LogP contribution in [0.3, 0.4) is 0 Å². The molecule has 0 saturated heterocycles. The van der Waals surface area contributed by atoms with Crippen LogP contribution in [0.15, 0.2) is 48.5 Å². The second-order valence-corrected chi connectivity index (χ2v) is 32.6. The maximum Gasteiger partial charge on any atom is 0.326 e. The Hall–Kier alpha value is -12.9. The highest BCUT2D eigenvalue weighted by molar-refractivity contribution is 6.02. The second kappa shape index (κ2) is 58.7. The number of hydrogen-bond donors (Lipinski definition) is 30. The molecule has 0 aromatic heterocycles. The number of carbonyl (C=O) groups excluding carboxylic acids is 17. The number of hydrogen-bond acceptors (Lipinski definition) is 30. The average Bonchev–Trinajstić information content (AvgIpc) is 0.839. The van der Waals surface area contributed by atoms with Crippen molar-refractivity contribution in [2.75, 3.05) is 59.3 Å². The fourth-order valence-electron chi connectivity index (χ4n) is 12.4. The van der Waals surface area contributed by atoms with Crippen LogP contribution >= 0.6 is 0 Å². The summed E-state index contributed by atoms with van der Waals surface area (Å²) in [5.41, 5.74) is 5.71. The highest BCUT2D eigenvalue weighted by Crippen LogP contribution is 2.18. The molecule has 0 aliphatic rings. The van der Waals surface area contributed by atoms with Gasteiger partial charge in [-0.05, 0) is 97.1 Å². The Bertz CT molecular complexity index is 4240. The molecule has 0 saturated carbocycles. The third kappa shape index (κ3) is 41.1. The van der Waals surface area contributed by atoms with E-state index in [0.717, 1.165) is 0 Å². The van der Waals surface area contributed by atoms with E-state index in [1.807, 2.05) is 0 Å². The van der Waals surface area contributed by atoms with Crippen molar-refractivity contribution in [3.8, 4) is 11.5 Å². The number of benzene rings is 2. The molecule has 738 valence electrons. The van der Waals surface area contributed by atoms with Gasteiger partial charge >= 0.3 is 17.9 Å². The minimum absolute atomic E-state index is 0.0251. The number of phenolic OH excluding ortho intramolecular Hbond substituents is 2. The van der Waals surface area contributed by atoms with Crippen molar-refractivity contribution in [3.63, 3.8) is 0 Å². The lowest BCUT2D eigenvalue weighted by atomic mass is 9.96. The summed E-state index contributed by atoms with van der Waals surface area (Å²) in [5, 5.41) is 160. The lowest BCUT2D eigenvalue weighted by Gasteiger charge is -2.30. The van der Waals surface area contributed by atoms with Gasteiger partial charge in [0.05, 0.1) is 59.3 Å². The average molecular weight is 1880 g/mol. The van der Waals surface area contributed by atoms with E-state index >= 15 is 0 Å². The summed E-state index contributed by atoms with van der Waals surface area (Å²) in [6.45, 7) is 6.44. The largest absolute Gasteiger partial charge is 0.508 e. The predicted molar refractivity (Wildman–Crippen MR) is 460 cm³/mol. The molecule has 0 fully saturated rings. The number of aliphatic hydroxyl groups excluding tert-OH is 7. The van der Waals surface area contributed by atoms with Crippen LogP contribution in [-0.4, -0.2) is 336 Å². The van der Waals surface area contributed by atoms with Gasteiger partial charge in [0, 0.05) is 25.7 Å². The van der Waals surface area contributed by atoms with Crippen molar-refractivity contribution >= 4 is 118 Å². The molecule has 0 heterocycles. The molecule has 2 aromatic rings. The first kappa shape index (κ1) is 115. The second-order valence-electron chi connectivity index (χ2n) is 32.6. The summed E-state index contributed by atoms with van der Waals surface area (Å²) >= 11 is 0. The number of nitrogens with one attached hydrogen (secondary N) is 17. The molecule has 132 heavy (non-hydrogen) atoms. The van der Waals surface area contributed by atoms with Crippen LogP contribution in [0.25, 0.3) is 0 Å². The monoisotopic (exact) mass is 1880 g/mol. The number of carboxylic acid groups (broad SMARTS) is 3. The Morgan fingerprint density at radius 2 is 0.538 bits per heavy atom. The number of amides is 17. The lowest BCUT2D eigenvalue weighted by Crippen LogP contribution is -2.63. The smallest absolute Gasteiger partial charge is 0.326 e. The van der Waals surface area contributed by atoms with E-state index in [0.29, 0.717) is 5.56 Å². The topological polar surface area (TPSA) is 815 Å². The van der Waals surface area contributed by atoms with Gasteiger partial charge in [-0.15, -0.1) is 0 Å². The van der Waals surface area contributed by atoms with E-state index in [9.17, 15) is 157 Å². The molecular formula is C82H128N18O32. The van der Waals surface area contributed by atoms with E-state index in [4.69, 9.17) is 5.73 Å². The van der Waals surface area contributed by atoms with E-state index in [-0.39, 0.29) is 48.7 Å². The highest BCUT2D eigenvalue weighted by atomic mass is 16.4. The van der Waals surface area contributed by atoms with Crippen LogP contribution in [-0.2, 0) is 109 Å². The molecule has 17 amide bonds. The van der Waals surface area contributed by atoms with Gasteiger partial charge in [0.15, 0.2) is 0 Å². The summed E-state index contributed by atoms with van der Waals surface area (Å²) in [5.74, 6) is -27.8. The van der Waals surface area contributed by atoms with Crippen LogP contribution in [0.4, 0.5) is 0 Å². The number of aliphatic hydroxyl groups is 7. The number of phenols is 2. The maximum atomic E-state index is 14.5. The standard InChI is InChI=1S/C82H128N18O32/c1-11-42(10)66(81(130)98-60(37-107)79(128)96-58(35-105)78(127)92-53(82(131)132)26-40(6)7)100-72(121)52(28-44-14-18-46(109)19-15-44)91-77(126)59(36-106)97-80(129)65(41(8)9)99-71(120)50(25-39(4)5)89-75(124)56(33-103)94-67(116)47(20-22-63(112)113)86-69(118)49(24-38(2)3)88-74(123)55(32-102)93-68(117)48(21-23-64(114)115)87-70(119)51(27-43-12-16-45(108)17-13-43)90-76(125)57(34-104)95-73(122)54(31-101)85-62(111)30-84-61(110)29-83/h12-19,38-42,47-60,65-66,101-109H,11,20-37,83H2,1-10H3,(H,84,110)(H,85,111)(H,86,118)(H,87,119)(H,88,123)(H,89,124)(H,90,125)(H,91,126)(H,92,127)(H,93,117)(H,94,116)(H,95,122)(H,96,128)(H,97,129)(H,98,130)(H,99,120)(H,100,121)(H,112,113)(H,114,115)(H,131,132)/t42-,47-,48-,49-,50-,51-,52-,53-,54-,55-,56-,57-,58-,59-,60-,65-,66-/m0/s1. The number of rotatable bonds is 61. The Labute approximate surface area is 758 Å². The van der Waals surface area contributed by atoms with Crippen LogP contribution in [0.1, 0.15) is 132 Å². The predicted octanol–water partition coefficient (Wildman–Crippen LogP) is -10.7. The first-order chi connectivity index (χ1) is 62.0. The maximum absolute atomic E-state index is 14.5. The van der Waals surface area contributed by atoms with Crippen LogP contribution in [0.5, 0.6) is 11.5 Å². The van der Waals surface area contributed by atoms with Gasteiger partial charge in [-0.1, -0.05) is 99.9 Å². The summed E-state index contributed by atoms with van der Waals surface area (Å²) < 4.78 is 0. The molecule has 0 bridgehead atoms. The van der Waals surface area contributed by atoms with Crippen molar-refractivity contribution in [1.29, 1.82) is 0 Å². The van der Waals surface area contributed by atoms with Crippen LogP contribution in [0.2, 0.25) is 0 Å². The lowest BCUT2D eigenvalue weighted by molar-refractivity contribution is -0.143. The zero-order valence-corrected chi connectivity index (χ0v) is 74.8. The van der Waals surface area contributed by atoms with E-state index in [2.05, 4.69) is 90.4 Å². The number of aromatic hydroxyl groups is 2. The van der Waals surface area contributed by atoms with Gasteiger partial charge in [-0.25, -0.2) is 4.79 Å². The molecule has 0 unspecified atom stereocenters. The Balaban J connectivity index is 2.46. The molecule has 17 atom stereocenters. The molecule has 50 heteroatoms. The molecule has 50 nitrogen and oxygen atoms in total. The number of aliphatic carboxylic acids is 3. The minimum Gasteiger partial charge on any atom is -0.508 e. The van der Waals surface area contributed by atoms with Gasteiger partial charge in [-0.3, -0.25) is 91.1 Å². The number of carboxylic acids is 3. The summed E-state index contributed by atoms with van der Waals surface area (Å²) in [6.07, 6.45) is -4.54. The van der Waals surface area contributed by atoms with Crippen molar-refractivity contribution < 1.29 is 157 Å². The van der Waals surface area contributed by atoms with Crippen LogP contribution in [0, 0.1) is 29.6 Å². The SMILES string of the molecule is CC[C@H](C)[C@H](NC(=O)[C@H](Cc1ccc(O)cc1)NC(=O)[C@H](CO)NC(=O)[C@@H](NC(=O)[C@H](CC(C)C)NC(=O)[C@H](CO)NC(=O)[C@H](CCC(=O)O)NC(=O)[C@H](CC(C)C)NC(=O)[C@H](CO)NC(=O)[C@H](CCC(=O)O)NC(=O)[C@H](Cc1ccc(O)cc1)NC(=O)[C@H](CO)NC(=O)[C@H](CO)NC(=O)CNC(=O)CN)C(C)C)C(=O)N[C@@H](CO)C(=O)N[C@@H](CO)C(=O)N[C@@H](CC(C)C)C(=O)O. The van der Waals surface area contributed by atoms with Gasteiger partial charge in [-0.2, -0.15) is 0 Å². The van der Waals surface area contributed by atoms with Gasteiger partial charge < -0.3 is 157 Å². The summed E-state index contributed by atoms with van der Waals surface area (Å²) in [7, 11) is 0. The van der Waals surface area contributed by atoms with Gasteiger partial charge in [0.2, 0.25) is 100 Å². The number of carbonyl (C=O) groups is 20. The highest BCUT2D eigenvalue weighted by Gasteiger charge is 2.41. The van der Waals surface area contributed by atoms with Crippen molar-refractivity contribution in [3.05, 3.63) is 59.7 Å². The molecule has 31 N–H and O–H groups in total. The van der Waals surface area contributed by atoms with Gasteiger partial charge in [0.25, 0.3) is 0 Å². The quantitative estimate of drug-likeness (QED) is 0.0292. The third-order valence-electron chi connectivity index (χ3n) is 20.0. The molecule has 0 aliphatic heterocycles. The molecular weight excluding hydrogens is 1750 g/mol. The first-order valence-electron chi connectivity index (χ1n) is 42.3. The zero-order valence-electron chi connectivity index (χ0n) is 74.8. The van der Waals surface area contributed by atoms with E-state index < -0.39 is 337 Å². The third-order valence-corrected chi connectivity index (χ3v) is 20.0. The van der Waals surface area contributed by atoms with Crippen molar-refractivity contribution in [2.45, 2.75) is 230 Å². The summed E-state index contributed by atoms with van der Waals surface area (Å²) in [4.78, 5) is 270. The van der Waals surface area contributed by atoms with Crippen LogP contribution < -0.4 is 96.1 Å². The molecule has 0 spiro atoms. The Morgan fingerprint density at radius 1 is 0.295 bits per heavy atom. The van der Waals surface area contributed by atoms with Crippen molar-refractivity contribution in [1.82, 2.24) is 90.4 Å². The Kier molecular flexibility index (Phi) is 51.2. The number of nitrogens with two attached hydrogens (primary N) is 1. The molecule has 2 rings (SSSR count). The van der Waals surface area contributed by atoms with E-state index in [1.165, 1.54) is 69.3 Å². The fourth-order valence-corrected chi connectivity index (χ4v) is 12.4. The molecule has 0 radical (unpaired) electrons. The molecule has 2 aromatic carbocycles. The van der Waals surface area contributed by atoms with E-state index in [1.54, 1.807) is 48.5 Å². The van der Waals surface area contributed by atoms with Crippen molar-refractivity contribution in [2.24, 2.45) is 35.3 Å². The normalized spacial score (nSPS) is 15.1. The van der Waals surface area contributed by atoms with Gasteiger partial charge in [0.1, 0.15) is 108 Å². The fraction of sp³-hybridized carbons (Fsp3) is 0.610. The summed E-state index contributed by atoms with van der Waals surface area (Å²) in [6, 6.07) is -18.6.